The molecule has 1 heterocycles. The number of nitrogens with zero attached hydrogens (tertiary/aromatic N) is 1. The number of carbonyl (C=O) groups excluding carboxylic acids is 4. The first-order valence-corrected chi connectivity index (χ1v) is 12.5. The van der Waals surface area contributed by atoms with Gasteiger partial charge in [0.1, 0.15) is 5.75 Å². The van der Waals surface area contributed by atoms with Gasteiger partial charge in [-0.05, 0) is 72.3 Å². The highest BCUT2D eigenvalue weighted by atomic mass is 79.9. The molecule has 9 heteroatoms. The van der Waals surface area contributed by atoms with Crippen molar-refractivity contribution in [3.8, 4) is 5.75 Å². The first-order valence-electron chi connectivity index (χ1n) is 10.9. The summed E-state index contributed by atoms with van der Waals surface area (Å²) in [6.07, 6.45) is 1.59. The van der Waals surface area contributed by atoms with Crippen LogP contribution in [-0.4, -0.2) is 40.9 Å². The minimum absolute atomic E-state index is 0.154. The molecule has 0 aliphatic carbocycles. The van der Waals surface area contributed by atoms with Crippen molar-refractivity contribution in [3.05, 3.63) is 98.9 Å². The number of thioether (sulfide) groups is 1. The van der Waals surface area contributed by atoms with Crippen LogP contribution in [0.1, 0.15) is 21.5 Å². The summed E-state index contributed by atoms with van der Waals surface area (Å²) in [5, 5.41) is 2.29. The molecule has 0 aromatic heterocycles. The summed E-state index contributed by atoms with van der Waals surface area (Å²) in [6.45, 7) is 1.47. The number of Topliss-reactive ketones (excluding diaryl/α,β-unsaturated/α-hetero) is 1. The van der Waals surface area contributed by atoms with E-state index in [-0.39, 0.29) is 29.7 Å². The Bertz CT molecular complexity index is 1350. The standard InChI is InChI=1S/C27H21BrN2O5S/c1-17-3-2-4-21(13-17)29-25(32)16-35-22-11-5-18(6-12-22)14-24-26(33)30(27(34)36-24)15-23(31)19-7-9-20(28)10-8-19/h2-14H,15-16H2,1H3,(H,29,32)/b24-14+. The SMILES string of the molecule is Cc1cccc(NC(=O)COc2ccc(/C=C3/SC(=O)N(CC(=O)c4ccc(Br)cc4)C3=O)cc2)c1. The third-order valence-electron chi connectivity index (χ3n) is 5.19. The fourth-order valence-corrected chi connectivity index (χ4v) is 4.49. The van der Waals surface area contributed by atoms with Gasteiger partial charge in [0.15, 0.2) is 12.4 Å². The zero-order valence-electron chi connectivity index (χ0n) is 19.2. The molecule has 3 aromatic rings. The highest BCUT2D eigenvalue weighted by molar-refractivity contribution is 9.10. The van der Waals surface area contributed by atoms with Gasteiger partial charge in [-0.25, -0.2) is 0 Å². The molecule has 3 aromatic carbocycles. The maximum atomic E-state index is 12.7. The lowest BCUT2D eigenvalue weighted by Gasteiger charge is -2.11. The number of ketones is 1. The number of halogens is 1. The van der Waals surface area contributed by atoms with Gasteiger partial charge in [0.05, 0.1) is 11.4 Å². The van der Waals surface area contributed by atoms with Gasteiger partial charge < -0.3 is 10.1 Å². The van der Waals surface area contributed by atoms with Crippen LogP contribution in [0.3, 0.4) is 0 Å². The molecular weight excluding hydrogens is 544 g/mol. The Morgan fingerprint density at radius 3 is 2.44 bits per heavy atom. The lowest BCUT2D eigenvalue weighted by Crippen LogP contribution is -2.33. The molecular formula is C27H21BrN2O5S. The number of nitrogens with one attached hydrogen (secondary N) is 1. The number of aryl methyl sites for hydroxylation is 1. The van der Waals surface area contributed by atoms with E-state index in [0.717, 1.165) is 26.7 Å². The third kappa shape index (κ3) is 6.50. The second-order valence-corrected chi connectivity index (χ2v) is 9.88. The molecule has 1 aliphatic rings. The minimum atomic E-state index is -0.511. The quantitative estimate of drug-likeness (QED) is 0.279. The number of ether oxygens (including phenoxy) is 1. The maximum absolute atomic E-state index is 12.7. The van der Waals surface area contributed by atoms with E-state index in [9.17, 15) is 19.2 Å². The van der Waals surface area contributed by atoms with E-state index < -0.39 is 11.1 Å². The van der Waals surface area contributed by atoms with Gasteiger partial charge in [-0.2, -0.15) is 0 Å². The Kier molecular flexibility index (Phi) is 8.02. The van der Waals surface area contributed by atoms with Gasteiger partial charge in [-0.3, -0.25) is 24.1 Å². The Balaban J connectivity index is 1.33. The van der Waals surface area contributed by atoms with Gasteiger partial charge in [0.2, 0.25) is 0 Å². The number of carbonyl (C=O) groups is 4. The average molecular weight is 565 g/mol. The summed E-state index contributed by atoms with van der Waals surface area (Å²) in [4.78, 5) is 50.9. The van der Waals surface area contributed by atoms with Gasteiger partial charge >= 0.3 is 0 Å². The van der Waals surface area contributed by atoms with Crippen LogP contribution in [0.15, 0.2) is 82.2 Å². The molecule has 182 valence electrons. The molecule has 1 N–H and O–H groups in total. The number of imide groups is 1. The van der Waals surface area contributed by atoms with Crippen molar-refractivity contribution in [2.24, 2.45) is 0 Å². The van der Waals surface area contributed by atoms with E-state index in [2.05, 4.69) is 21.2 Å². The Labute approximate surface area is 220 Å². The minimum Gasteiger partial charge on any atom is -0.484 e. The zero-order chi connectivity index (χ0) is 25.7. The van der Waals surface area contributed by atoms with Crippen LogP contribution >= 0.6 is 27.7 Å². The van der Waals surface area contributed by atoms with Crippen LogP contribution in [0.4, 0.5) is 10.5 Å². The van der Waals surface area contributed by atoms with Crippen molar-refractivity contribution >= 4 is 62.3 Å². The molecule has 0 radical (unpaired) electrons. The molecule has 1 fully saturated rings. The summed E-state index contributed by atoms with van der Waals surface area (Å²) < 4.78 is 6.36. The number of rotatable bonds is 8. The van der Waals surface area contributed by atoms with Crippen LogP contribution in [0.2, 0.25) is 0 Å². The molecule has 0 spiro atoms. The van der Waals surface area contributed by atoms with Crippen LogP contribution < -0.4 is 10.1 Å². The summed E-state index contributed by atoms with van der Waals surface area (Å²) >= 11 is 4.10. The number of hydrogen-bond acceptors (Lipinski definition) is 6. The molecule has 1 aliphatic heterocycles. The predicted molar refractivity (Wildman–Crippen MR) is 143 cm³/mol. The van der Waals surface area contributed by atoms with Crippen LogP contribution in [0.25, 0.3) is 6.08 Å². The lowest BCUT2D eigenvalue weighted by atomic mass is 10.1. The molecule has 0 atom stereocenters. The average Bonchev–Trinajstić information content (AvgIpc) is 3.11. The van der Waals surface area contributed by atoms with E-state index in [4.69, 9.17) is 4.74 Å². The van der Waals surface area contributed by atoms with Crippen LogP contribution in [0, 0.1) is 6.92 Å². The number of anilines is 1. The normalized spacial score (nSPS) is 14.3. The highest BCUT2D eigenvalue weighted by Gasteiger charge is 2.36. The maximum Gasteiger partial charge on any atom is 0.293 e. The second kappa shape index (κ2) is 11.4. The van der Waals surface area contributed by atoms with E-state index in [1.807, 2.05) is 25.1 Å². The van der Waals surface area contributed by atoms with Gasteiger partial charge in [0, 0.05) is 15.7 Å². The van der Waals surface area contributed by atoms with E-state index in [1.165, 1.54) is 0 Å². The second-order valence-electron chi connectivity index (χ2n) is 7.97. The number of hydrogen-bond donors (Lipinski definition) is 1. The molecule has 3 amide bonds. The van der Waals surface area contributed by atoms with Crippen LogP contribution in [0.5, 0.6) is 5.75 Å². The number of benzene rings is 3. The molecule has 36 heavy (non-hydrogen) atoms. The monoisotopic (exact) mass is 564 g/mol. The molecule has 0 saturated carbocycles. The molecule has 4 rings (SSSR count). The van der Waals surface area contributed by atoms with Gasteiger partial charge in [-0.15, -0.1) is 0 Å². The van der Waals surface area contributed by atoms with Crippen LogP contribution in [-0.2, 0) is 9.59 Å². The van der Waals surface area contributed by atoms with E-state index in [1.54, 1.807) is 60.7 Å². The van der Waals surface area contributed by atoms with Crippen molar-refractivity contribution in [3.63, 3.8) is 0 Å². The number of amides is 3. The molecule has 0 unspecified atom stereocenters. The fraction of sp³-hybridized carbons (Fsp3) is 0.111. The third-order valence-corrected chi connectivity index (χ3v) is 6.63. The van der Waals surface area contributed by atoms with Gasteiger partial charge in [-0.1, -0.05) is 52.3 Å². The Hall–Kier alpha value is -3.69. The first kappa shape index (κ1) is 25.4. The molecule has 0 bridgehead atoms. The Morgan fingerprint density at radius 1 is 1.03 bits per heavy atom. The topological polar surface area (TPSA) is 92.8 Å². The summed E-state index contributed by atoms with van der Waals surface area (Å²) in [5.41, 5.74) is 2.84. The zero-order valence-corrected chi connectivity index (χ0v) is 21.6. The predicted octanol–water partition coefficient (Wildman–Crippen LogP) is 5.69. The summed E-state index contributed by atoms with van der Waals surface area (Å²) in [7, 11) is 0. The largest absolute Gasteiger partial charge is 0.484 e. The van der Waals surface area contributed by atoms with Crippen molar-refractivity contribution in [1.29, 1.82) is 0 Å². The van der Waals surface area contributed by atoms with Crippen molar-refractivity contribution in [2.45, 2.75) is 6.92 Å². The highest BCUT2D eigenvalue weighted by Crippen LogP contribution is 2.32. The Morgan fingerprint density at radius 2 is 1.75 bits per heavy atom. The summed E-state index contributed by atoms with van der Waals surface area (Å²) in [6, 6.07) is 21.0. The van der Waals surface area contributed by atoms with Crippen molar-refractivity contribution in [2.75, 3.05) is 18.5 Å². The van der Waals surface area contributed by atoms with Gasteiger partial charge in [0.25, 0.3) is 17.1 Å². The summed E-state index contributed by atoms with van der Waals surface area (Å²) in [5.74, 6) is -0.627. The fourth-order valence-electron chi connectivity index (χ4n) is 3.39. The molecule has 7 nitrogen and oxygen atoms in total. The lowest BCUT2D eigenvalue weighted by molar-refractivity contribution is -0.122. The smallest absolute Gasteiger partial charge is 0.293 e. The van der Waals surface area contributed by atoms with E-state index >= 15 is 0 Å². The van der Waals surface area contributed by atoms with Crippen molar-refractivity contribution < 1.29 is 23.9 Å². The molecule has 1 saturated heterocycles. The first-order chi connectivity index (χ1) is 17.3. The van der Waals surface area contributed by atoms with Crippen molar-refractivity contribution in [1.82, 2.24) is 4.90 Å². The van der Waals surface area contributed by atoms with E-state index in [0.29, 0.717) is 22.6 Å².